The van der Waals surface area contributed by atoms with E-state index in [1.165, 1.54) is 0 Å². The van der Waals surface area contributed by atoms with E-state index >= 15 is 0 Å². The lowest BCUT2D eigenvalue weighted by molar-refractivity contribution is 0.322. The molecule has 14 heavy (non-hydrogen) atoms. The molecule has 0 saturated carbocycles. The second-order valence-electron chi connectivity index (χ2n) is 2.85. The smallest absolute Gasteiger partial charge is 0.124 e. The highest BCUT2D eigenvalue weighted by atomic mass is 32.2. The molecule has 0 spiro atoms. The first-order chi connectivity index (χ1) is 6.77. The number of hydrogen-bond acceptors (Lipinski definition) is 4. The van der Waals surface area contributed by atoms with Gasteiger partial charge in [-0.1, -0.05) is 6.07 Å². The number of rotatable bonds is 5. The highest BCUT2D eigenvalue weighted by molar-refractivity contribution is 7.98. The van der Waals surface area contributed by atoms with Gasteiger partial charge < -0.3 is 15.6 Å². The van der Waals surface area contributed by atoms with Crippen LogP contribution >= 0.6 is 11.8 Å². The van der Waals surface area contributed by atoms with Gasteiger partial charge in [-0.2, -0.15) is 11.8 Å². The number of nitrogens with two attached hydrogens (primary N) is 1. The zero-order chi connectivity index (χ0) is 10.4. The molecule has 0 saturated heterocycles. The van der Waals surface area contributed by atoms with Gasteiger partial charge in [-0.25, -0.2) is 0 Å². The molecule has 0 fully saturated rings. The molecule has 0 unspecified atom stereocenters. The molecular weight excluding hydrogens is 198 g/mol. The van der Waals surface area contributed by atoms with E-state index in [4.69, 9.17) is 15.6 Å². The minimum atomic E-state index is 0.210. The Bertz CT molecular complexity index is 291. The first-order valence-electron chi connectivity index (χ1n) is 4.39. The molecule has 0 heterocycles. The van der Waals surface area contributed by atoms with E-state index in [0.717, 1.165) is 22.8 Å². The van der Waals surface area contributed by atoms with Crippen molar-refractivity contribution in [2.45, 2.75) is 5.75 Å². The summed E-state index contributed by atoms with van der Waals surface area (Å²) in [6, 6.07) is 5.63. The summed E-state index contributed by atoms with van der Waals surface area (Å²) in [5, 5.41) is 8.64. The summed E-state index contributed by atoms with van der Waals surface area (Å²) in [6.45, 7) is 0.210. The molecular formula is C10H15NO2S. The third-order valence-electron chi connectivity index (χ3n) is 1.80. The maximum absolute atomic E-state index is 8.64. The molecule has 3 N–H and O–H groups in total. The average molecular weight is 213 g/mol. The SMILES string of the molecule is COc1cc(N)ccc1CSCCO. The Morgan fingerprint density at radius 2 is 2.29 bits per heavy atom. The van der Waals surface area contributed by atoms with Gasteiger partial charge in [-0.3, -0.25) is 0 Å². The van der Waals surface area contributed by atoms with E-state index in [0.29, 0.717) is 5.69 Å². The Labute approximate surface area is 88.3 Å². The third-order valence-corrected chi connectivity index (χ3v) is 2.79. The molecule has 4 heteroatoms. The topological polar surface area (TPSA) is 55.5 Å². The lowest BCUT2D eigenvalue weighted by Crippen LogP contribution is -1.94. The van der Waals surface area contributed by atoms with E-state index in [1.807, 2.05) is 18.2 Å². The van der Waals surface area contributed by atoms with E-state index in [-0.39, 0.29) is 6.61 Å². The normalized spacial score (nSPS) is 10.1. The van der Waals surface area contributed by atoms with Crippen LogP contribution in [0.4, 0.5) is 5.69 Å². The van der Waals surface area contributed by atoms with Gasteiger partial charge >= 0.3 is 0 Å². The predicted octanol–water partition coefficient (Wildman–Crippen LogP) is 1.50. The number of methoxy groups -OCH3 is 1. The standard InChI is InChI=1S/C10H15NO2S/c1-13-10-6-9(11)3-2-8(10)7-14-5-4-12/h2-3,6,12H,4-5,7,11H2,1H3. The second kappa shape index (κ2) is 5.78. The van der Waals surface area contributed by atoms with Gasteiger partial charge in [-0.05, 0) is 6.07 Å². The summed E-state index contributed by atoms with van der Waals surface area (Å²) in [6.07, 6.45) is 0. The Kier molecular flexibility index (Phi) is 4.62. The van der Waals surface area contributed by atoms with Gasteiger partial charge in [0.2, 0.25) is 0 Å². The number of ether oxygens (including phenoxy) is 1. The molecule has 0 aliphatic heterocycles. The fraction of sp³-hybridized carbons (Fsp3) is 0.400. The molecule has 0 amide bonds. The van der Waals surface area contributed by atoms with Crippen LogP contribution in [0, 0.1) is 0 Å². The molecule has 0 bridgehead atoms. The van der Waals surface area contributed by atoms with Crippen molar-refractivity contribution in [2.75, 3.05) is 25.2 Å². The minimum absolute atomic E-state index is 0.210. The number of nitrogen functional groups attached to an aromatic ring is 1. The van der Waals surface area contributed by atoms with Gasteiger partial charge in [0.05, 0.1) is 13.7 Å². The van der Waals surface area contributed by atoms with Crippen LogP contribution in [-0.4, -0.2) is 24.6 Å². The van der Waals surface area contributed by atoms with Crippen molar-refractivity contribution >= 4 is 17.4 Å². The largest absolute Gasteiger partial charge is 0.496 e. The second-order valence-corrected chi connectivity index (χ2v) is 3.95. The van der Waals surface area contributed by atoms with Crippen molar-refractivity contribution in [3.63, 3.8) is 0 Å². The number of hydrogen-bond donors (Lipinski definition) is 2. The fourth-order valence-electron chi connectivity index (χ4n) is 1.13. The Hall–Kier alpha value is -0.870. The minimum Gasteiger partial charge on any atom is -0.496 e. The Balaban J connectivity index is 2.65. The van der Waals surface area contributed by atoms with Gasteiger partial charge in [0.1, 0.15) is 5.75 Å². The van der Waals surface area contributed by atoms with Crippen molar-refractivity contribution in [2.24, 2.45) is 0 Å². The first kappa shape index (κ1) is 11.2. The highest BCUT2D eigenvalue weighted by Crippen LogP contribution is 2.25. The third kappa shape index (κ3) is 3.12. The summed E-state index contributed by atoms with van der Waals surface area (Å²) >= 11 is 1.67. The lowest BCUT2D eigenvalue weighted by atomic mass is 10.2. The van der Waals surface area contributed by atoms with Crippen LogP contribution < -0.4 is 10.5 Å². The van der Waals surface area contributed by atoms with Crippen LogP contribution in [0.2, 0.25) is 0 Å². The van der Waals surface area contributed by atoms with Crippen LogP contribution in [0.5, 0.6) is 5.75 Å². The molecule has 1 aromatic rings. The first-order valence-corrected chi connectivity index (χ1v) is 5.54. The lowest BCUT2D eigenvalue weighted by Gasteiger charge is -2.08. The predicted molar refractivity (Wildman–Crippen MR) is 60.7 cm³/mol. The summed E-state index contributed by atoms with van der Waals surface area (Å²) in [5.74, 6) is 2.40. The summed E-state index contributed by atoms with van der Waals surface area (Å²) in [4.78, 5) is 0. The maximum Gasteiger partial charge on any atom is 0.124 e. The van der Waals surface area contributed by atoms with Crippen molar-refractivity contribution in [1.29, 1.82) is 0 Å². The van der Waals surface area contributed by atoms with Crippen LogP contribution in [-0.2, 0) is 5.75 Å². The molecule has 1 aromatic carbocycles. The van der Waals surface area contributed by atoms with E-state index in [9.17, 15) is 0 Å². The monoisotopic (exact) mass is 213 g/mol. The molecule has 0 aliphatic carbocycles. The number of thioether (sulfide) groups is 1. The summed E-state index contributed by atoms with van der Waals surface area (Å²) in [5.41, 5.74) is 7.45. The zero-order valence-electron chi connectivity index (χ0n) is 8.19. The van der Waals surface area contributed by atoms with Gasteiger partial charge in [0.25, 0.3) is 0 Å². The number of benzene rings is 1. The molecule has 1 rings (SSSR count). The molecule has 0 radical (unpaired) electrons. The van der Waals surface area contributed by atoms with Gasteiger partial charge in [0.15, 0.2) is 0 Å². The van der Waals surface area contributed by atoms with Crippen molar-refractivity contribution in [3.05, 3.63) is 23.8 Å². The van der Waals surface area contributed by atoms with Crippen molar-refractivity contribution < 1.29 is 9.84 Å². The zero-order valence-corrected chi connectivity index (χ0v) is 9.01. The average Bonchev–Trinajstić information content (AvgIpc) is 2.20. The number of anilines is 1. The van der Waals surface area contributed by atoms with Crippen LogP contribution in [0.1, 0.15) is 5.56 Å². The van der Waals surface area contributed by atoms with Crippen LogP contribution in [0.25, 0.3) is 0 Å². The number of aliphatic hydroxyl groups is 1. The molecule has 0 atom stereocenters. The van der Waals surface area contributed by atoms with Crippen LogP contribution in [0.3, 0.4) is 0 Å². The van der Waals surface area contributed by atoms with Gasteiger partial charge in [-0.15, -0.1) is 0 Å². The van der Waals surface area contributed by atoms with Crippen molar-refractivity contribution in [1.82, 2.24) is 0 Å². The highest BCUT2D eigenvalue weighted by Gasteiger charge is 2.02. The molecule has 78 valence electrons. The van der Waals surface area contributed by atoms with E-state index in [1.54, 1.807) is 18.9 Å². The summed E-state index contributed by atoms with van der Waals surface area (Å²) in [7, 11) is 1.63. The fourth-order valence-corrected chi connectivity index (χ4v) is 1.86. The Morgan fingerprint density at radius 3 is 2.93 bits per heavy atom. The molecule has 0 aliphatic rings. The number of aliphatic hydroxyl groups excluding tert-OH is 1. The summed E-state index contributed by atoms with van der Waals surface area (Å²) < 4.78 is 5.20. The quantitative estimate of drug-likeness (QED) is 0.575. The van der Waals surface area contributed by atoms with Gasteiger partial charge in [0, 0.05) is 28.8 Å². The molecule has 0 aromatic heterocycles. The van der Waals surface area contributed by atoms with E-state index in [2.05, 4.69) is 0 Å². The maximum atomic E-state index is 8.64. The van der Waals surface area contributed by atoms with Crippen LogP contribution in [0.15, 0.2) is 18.2 Å². The van der Waals surface area contributed by atoms with E-state index < -0.39 is 0 Å². The Morgan fingerprint density at radius 1 is 1.50 bits per heavy atom. The van der Waals surface area contributed by atoms with Crippen molar-refractivity contribution in [3.8, 4) is 5.75 Å². The molecule has 3 nitrogen and oxygen atoms in total.